The standard InChI is InChI=1S/C10H21N3O/c1-3-4-5-12-10(14)9-8-13(2)7-6-11-9/h9,11H,3-8H2,1-2H3,(H,12,14). The van der Waals surface area contributed by atoms with Crippen LogP contribution in [0.4, 0.5) is 0 Å². The van der Waals surface area contributed by atoms with Crippen LogP contribution in [0.3, 0.4) is 0 Å². The van der Waals surface area contributed by atoms with Crippen molar-refractivity contribution < 1.29 is 4.79 Å². The Morgan fingerprint density at radius 3 is 3.07 bits per heavy atom. The molecule has 82 valence electrons. The van der Waals surface area contributed by atoms with Gasteiger partial charge in [0.15, 0.2) is 0 Å². The molecule has 2 N–H and O–H groups in total. The lowest BCUT2D eigenvalue weighted by molar-refractivity contribution is -0.124. The van der Waals surface area contributed by atoms with Crippen LogP contribution in [-0.4, -0.2) is 50.1 Å². The van der Waals surface area contributed by atoms with Gasteiger partial charge in [0, 0.05) is 26.2 Å². The molecular formula is C10H21N3O. The van der Waals surface area contributed by atoms with Gasteiger partial charge in [-0.2, -0.15) is 0 Å². The first-order chi connectivity index (χ1) is 6.74. The van der Waals surface area contributed by atoms with E-state index in [0.29, 0.717) is 0 Å². The molecule has 4 nitrogen and oxygen atoms in total. The first-order valence-electron chi connectivity index (χ1n) is 5.43. The summed E-state index contributed by atoms with van der Waals surface area (Å²) in [5, 5.41) is 6.17. The van der Waals surface area contributed by atoms with Crippen LogP contribution in [-0.2, 0) is 4.79 Å². The molecule has 0 aromatic heterocycles. The van der Waals surface area contributed by atoms with Gasteiger partial charge in [-0.3, -0.25) is 4.79 Å². The van der Waals surface area contributed by atoms with E-state index < -0.39 is 0 Å². The molecule has 0 radical (unpaired) electrons. The van der Waals surface area contributed by atoms with Crippen molar-refractivity contribution in [3.8, 4) is 0 Å². The van der Waals surface area contributed by atoms with Crippen molar-refractivity contribution in [3.05, 3.63) is 0 Å². The number of carbonyl (C=O) groups excluding carboxylic acids is 1. The van der Waals surface area contributed by atoms with Gasteiger partial charge in [-0.1, -0.05) is 13.3 Å². The van der Waals surface area contributed by atoms with Gasteiger partial charge in [0.1, 0.15) is 0 Å². The molecule has 0 bridgehead atoms. The summed E-state index contributed by atoms with van der Waals surface area (Å²) in [6.45, 7) is 5.68. The molecule has 1 amide bonds. The number of hydrogen-bond donors (Lipinski definition) is 2. The lowest BCUT2D eigenvalue weighted by Crippen LogP contribution is -2.56. The zero-order valence-corrected chi connectivity index (χ0v) is 9.18. The van der Waals surface area contributed by atoms with Gasteiger partial charge in [0.2, 0.25) is 5.91 Å². The van der Waals surface area contributed by atoms with Crippen molar-refractivity contribution in [2.45, 2.75) is 25.8 Å². The summed E-state index contributed by atoms with van der Waals surface area (Å²) in [6, 6.07) is -0.0226. The number of hydrogen-bond acceptors (Lipinski definition) is 3. The predicted molar refractivity (Wildman–Crippen MR) is 57.2 cm³/mol. The fraction of sp³-hybridized carbons (Fsp3) is 0.900. The Hall–Kier alpha value is -0.610. The number of nitrogens with zero attached hydrogens (tertiary/aromatic N) is 1. The van der Waals surface area contributed by atoms with Gasteiger partial charge in [-0.05, 0) is 13.5 Å². The number of amides is 1. The Bertz CT molecular complexity index is 184. The van der Waals surface area contributed by atoms with E-state index in [1.165, 1.54) is 0 Å². The molecule has 1 aliphatic heterocycles. The topological polar surface area (TPSA) is 44.4 Å². The second-order valence-electron chi connectivity index (χ2n) is 3.91. The van der Waals surface area contributed by atoms with E-state index >= 15 is 0 Å². The Morgan fingerprint density at radius 1 is 1.64 bits per heavy atom. The van der Waals surface area contributed by atoms with Crippen molar-refractivity contribution in [1.29, 1.82) is 0 Å². The molecule has 1 aliphatic rings. The number of nitrogens with one attached hydrogen (secondary N) is 2. The van der Waals surface area contributed by atoms with Crippen LogP contribution in [0.5, 0.6) is 0 Å². The van der Waals surface area contributed by atoms with Gasteiger partial charge >= 0.3 is 0 Å². The molecule has 4 heteroatoms. The van der Waals surface area contributed by atoms with Crippen molar-refractivity contribution in [2.24, 2.45) is 0 Å². The number of piperazine rings is 1. The quantitative estimate of drug-likeness (QED) is 0.617. The van der Waals surface area contributed by atoms with Crippen LogP contribution in [0, 0.1) is 0 Å². The van der Waals surface area contributed by atoms with Crippen LogP contribution >= 0.6 is 0 Å². The average Bonchev–Trinajstić information content (AvgIpc) is 2.18. The molecule has 0 aliphatic carbocycles. The van der Waals surface area contributed by atoms with Crippen molar-refractivity contribution >= 4 is 5.91 Å². The van der Waals surface area contributed by atoms with Gasteiger partial charge < -0.3 is 15.5 Å². The highest BCUT2D eigenvalue weighted by Gasteiger charge is 2.22. The normalized spacial score (nSPS) is 23.4. The Balaban J connectivity index is 2.22. The number of unbranched alkanes of at least 4 members (excludes halogenated alkanes) is 1. The first kappa shape index (κ1) is 11.5. The Morgan fingerprint density at radius 2 is 2.43 bits per heavy atom. The smallest absolute Gasteiger partial charge is 0.238 e. The van der Waals surface area contributed by atoms with E-state index in [9.17, 15) is 4.79 Å². The van der Waals surface area contributed by atoms with E-state index in [0.717, 1.165) is 39.0 Å². The SMILES string of the molecule is CCCCNC(=O)C1CN(C)CCN1. The molecule has 0 aromatic carbocycles. The van der Waals surface area contributed by atoms with E-state index in [4.69, 9.17) is 0 Å². The largest absolute Gasteiger partial charge is 0.355 e. The van der Waals surface area contributed by atoms with Crippen molar-refractivity contribution in [2.75, 3.05) is 33.2 Å². The van der Waals surface area contributed by atoms with E-state index in [2.05, 4.69) is 22.5 Å². The number of likely N-dealkylation sites (N-methyl/N-ethyl adjacent to an activating group) is 1. The number of carbonyl (C=O) groups is 1. The minimum atomic E-state index is -0.0226. The fourth-order valence-corrected chi connectivity index (χ4v) is 1.58. The van der Waals surface area contributed by atoms with Gasteiger partial charge in [0.05, 0.1) is 6.04 Å². The highest BCUT2D eigenvalue weighted by atomic mass is 16.2. The van der Waals surface area contributed by atoms with E-state index in [1.807, 2.05) is 7.05 Å². The zero-order chi connectivity index (χ0) is 10.4. The van der Waals surface area contributed by atoms with Gasteiger partial charge in [0.25, 0.3) is 0 Å². The highest BCUT2D eigenvalue weighted by Crippen LogP contribution is 1.96. The van der Waals surface area contributed by atoms with Crippen LogP contribution in [0.25, 0.3) is 0 Å². The summed E-state index contributed by atoms with van der Waals surface area (Å²) in [7, 11) is 2.05. The second-order valence-corrected chi connectivity index (χ2v) is 3.91. The predicted octanol–water partition coefficient (Wildman–Crippen LogP) is -0.194. The molecule has 1 saturated heterocycles. The lowest BCUT2D eigenvalue weighted by atomic mass is 10.2. The van der Waals surface area contributed by atoms with Crippen molar-refractivity contribution in [3.63, 3.8) is 0 Å². The molecule has 0 saturated carbocycles. The summed E-state index contributed by atoms with van der Waals surface area (Å²) in [6.07, 6.45) is 2.19. The third kappa shape index (κ3) is 3.64. The molecule has 1 rings (SSSR count). The minimum Gasteiger partial charge on any atom is -0.355 e. The van der Waals surface area contributed by atoms with Crippen LogP contribution in [0.1, 0.15) is 19.8 Å². The molecule has 14 heavy (non-hydrogen) atoms. The van der Waals surface area contributed by atoms with Crippen LogP contribution in [0.2, 0.25) is 0 Å². The van der Waals surface area contributed by atoms with Gasteiger partial charge in [-0.15, -0.1) is 0 Å². The minimum absolute atomic E-state index is 0.0226. The molecule has 0 aromatic rings. The van der Waals surface area contributed by atoms with E-state index in [1.54, 1.807) is 0 Å². The maximum atomic E-state index is 11.6. The van der Waals surface area contributed by atoms with Gasteiger partial charge in [-0.25, -0.2) is 0 Å². The molecular weight excluding hydrogens is 178 g/mol. The fourth-order valence-electron chi connectivity index (χ4n) is 1.58. The Kier molecular flexibility index (Phi) is 4.90. The summed E-state index contributed by atoms with van der Waals surface area (Å²) in [5.41, 5.74) is 0. The lowest BCUT2D eigenvalue weighted by Gasteiger charge is -2.29. The number of rotatable bonds is 4. The average molecular weight is 199 g/mol. The monoisotopic (exact) mass is 199 g/mol. The molecule has 1 heterocycles. The zero-order valence-electron chi connectivity index (χ0n) is 9.18. The molecule has 1 atom stereocenters. The third-order valence-corrected chi connectivity index (χ3v) is 2.52. The first-order valence-corrected chi connectivity index (χ1v) is 5.43. The highest BCUT2D eigenvalue weighted by molar-refractivity contribution is 5.82. The van der Waals surface area contributed by atoms with Crippen molar-refractivity contribution in [1.82, 2.24) is 15.5 Å². The maximum Gasteiger partial charge on any atom is 0.238 e. The Labute approximate surface area is 86.0 Å². The van der Waals surface area contributed by atoms with Crippen LogP contribution in [0.15, 0.2) is 0 Å². The summed E-state index contributed by atoms with van der Waals surface area (Å²) >= 11 is 0. The second kappa shape index (κ2) is 5.98. The maximum absolute atomic E-state index is 11.6. The third-order valence-electron chi connectivity index (χ3n) is 2.52. The molecule has 1 fully saturated rings. The van der Waals surface area contributed by atoms with Crippen LogP contribution < -0.4 is 10.6 Å². The summed E-state index contributed by atoms with van der Waals surface area (Å²) in [4.78, 5) is 13.8. The van der Waals surface area contributed by atoms with E-state index in [-0.39, 0.29) is 11.9 Å². The molecule has 1 unspecified atom stereocenters. The molecule has 0 spiro atoms. The summed E-state index contributed by atoms with van der Waals surface area (Å²) < 4.78 is 0. The summed E-state index contributed by atoms with van der Waals surface area (Å²) in [5.74, 6) is 0.144.